The van der Waals surface area contributed by atoms with Crippen LogP contribution in [-0.2, 0) is 0 Å². The zero-order valence-electron chi connectivity index (χ0n) is 11.5. The van der Waals surface area contributed by atoms with Crippen LogP contribution in [0.3, 0.4) is 0 Å². The third kappa shape index (κ3) is 3.12. The summed E-state index contributed by atoms with van der Waals surface area (Å²) in [5.41, 5.74) is -0.600. The minimum Gasteiger partial charge on any atom is -0.465 e. The fourth-order valence-corrected chi connectivity index (χ4v) is 2.80. The molecule has 1 fully saturated rings. The number of carbonyl (C=O) groups is 1. The molecule has 0 bridgehead atoms. The molecule has 0 radical (unpaired) electrons. The Morgan fingerprint density at radius 1 is 1.29 bits per heavy atom. The van der Waals surface area contributed by atoms with Gasteiger partial charge in [0.2, 0.25) is 0 Å². The summed E-state index contributed by atoms with van der Waals surface area (Å²) >= 11 is 0. The molecule has 17 heavy (non-hydrogen) atoms. The van der Waals surface area contributed by atoms with Crippen LogP contribution in [0.2, 0.25) is 0 Å². The molecular weight excluding hydrogens is 218 g/mol. The van der Waals surface area contributed by atoms with Gasteiger partial charge in [0, 0.05) is 11.6 Å². The second-order valence-corrected chi connectivity index (χ2v) is 6.76. The van der Waals surface area contributed by atoms with Crippen molar-refractivity contribution in [1.29, 1.82) is 0 Å². The minimum absolute atomic E-state index is 0.00546. The Labute approximate surface area is 104 Å². The Hall–Kier alpha value is -0.770. The van der Waals surface area contributed by atoms with Crippen molar-refractivity contribution < 1.29 is 15.0 Å². The lowest BCUT2D eigenvalue weighted by molar-refractivity contribution is -0.0364. The van der Waals surface area contributed by atoms with Crippen LogP contribution in [0, 0.1) is 5.41 Å². The van der Waals surface area contributed by atoms with E-state index in [-0.39, 0.29) is 17.6 Å². The molecule has 1 aliphatic carbocycles. The van der Waals surface area contributed by atoms with Crippen LogP contribution in [0.25, 0.3) is 0 Å². The average Bonchev–Trinajstić information content (AvgIpc) is 2.07. The summed E-state index contributed by atoms with van der Waals surface area (Å²) in [5, 5.41) is 19.3. The highest BCUT2D eigenvalue weighted by Gasteiger charge is 2.42. The topological polar surface area (TPSA) is 60.8 Å². The van der Waals surface area contributed by atoms with E-state index in [1.54, 1.807) is 4.90 Å². The molecule has 1 rings (SSSR count). The molecule has 4 heteroatoms. The van der Waals surface area contributed by atoms with Gasteiger partial charge in [-0.2, -0.15) is 0 Å². The second kappa shape index (κ2) is 4.48. The van der Waals surface area contributed by atoms with Crippen LogP contribution in [0.5, 0.6) is 0 Å². The van der Waals surface area contributed by atoms with Crippen LogP contribution < -0.4 is 0 Å². The van der Waals surface area contributed by atoms with Crippen molar-refractivity contribution in [3.05, 3.63) is 0 Å². The number of rotatable bonds is 1. The molecule has 100 valence electrons. The molecule has 0 aromatic carbocycles. The largest absolute Gasteiger partial charge is 0.465 e. The van der Waals surface area contributed by atoms with Gasteiger partial charge in [-0.3, -0.25) is 0 Å². The number of amides is 1. The zero-order valence-corrected chi connectivity index (χ0v) is 11.5. The maximum atomic E-state index is 11.4. The highest BCUT2D eigenvalue weighted by atomic mass is 16.4. The molecule has 4 nitrogen and oxygen atoms in total. The summed E-state index contributed by atoms with van der Waals surface area (Å²) < 4.78 is 0. The third-order valence-electron chi connectivity index (χ3n) is 3.73. The normalized spacial score (nSPS) is 28.8. The summed E-state index contributed by atoms with van der Waals surface area (Å²) in [6.07, 6.45) is 0.952. The van der Waals surface area contributed by atoms with Crippen LogP contribution in [0.15, 0.2) is 0 Å². The molecule has 0 spiro atoms. The van der Waals surface area contributed by atoms with Gasteiger partial charge in [0.05, 0.1) is 6.10 Å². The Balaban J connectivity index is 2.88. The van der Waals surface area contributed by atoms with E-state index >= 15 is 0 Å². The van der Waals surface area contributed by atoms with E-state index in [4.69, 9.17) is 0 Å². The van der Waals surface area contributed by atoms with Gasteiger partial charge in [0.25, 0.3) is 0 Å². The summed E-state index contributed by atoms with van der Waals surface area (Å²) in [6, 6.07) is 0.00546. The van der Waals surface area contributed by atoms with Crippen molar-refractivity contribution in [3.8, 4) is 0 Å². The number of carboxylic acid groups (broad SMARTS) is 1. The fraction of sp³-hybridized carbons (Fsp3) is 0.923. The first-order valence-electron chi connectivity index (χ1n) is 6.26. The van der Waals surface area contributed by atoms with Crippen molar-refractivity contribution in [2.75, 3.05) is 0 Å². The van der Waals surface area contributed by atoms with Crippen LogP contribution in [-0.4, -0.2) is 38.9 Å². The predicted octanol–water partition coefficient (Wildman–Crippen LogP) is 2.70. The molecule has 2 atom stereocenters. The van der Waals surface area contributed by atoms with Crippen molar-refractivity contribution >= 4 is 6.09 Å². The smallest absolute Gasteiger partial charge is 0.407 e. The van der Waals surface area contributed by atoms with Gasteiger partial charge in [-0.1, -0.05) is 13.8 Å². The quantitative estimate of drug-likeness (QED) is 0.744. The van der Waals surface area contributed by atoms with Crippen LogP contribution in [0.1, 0.15) is 53.9 Å². The lowest BCUT2D eigenvalue weighted by atomic mass is 9.72. The van der Waals surface area contributed by atoms with Crippen molar-refractivity contribution in [2.45, 2.75) is 71.6 Å². The van der Waals surface area contributed by atoms with E-state index in [1.807, 2.05) is 34.6 Å². The first-order chi connectivity index (χ1) is 7.55. The van der Waals surface area contributed by atoms with Gasteiger partial charge in [0.15, 0.2) is 0 Å². The molecular formula is C13H25NO3. The standard InChI is InChI=1S/C13H25NO3/c1-12(2,3)14(11(16)17)9-6-7-10(15)13(4,5)8-9/h9-10,15H,6-8H2,1-5H3,(H,16,17)/t9-,10+/m1/s1. The van der Waals surface area contributed by atoms with E-state index in [1.165, 1.54) is 0 Å². The average molecular weight is 243 g/mol. The van der Waals surface area contributed by atoms with E-state index in [2.05, 4.69) is 0 Å². The van der Waals surface area contributed by atoms with Crippen molar-refractivity contribution in [3.63, 3.8) is 0 Å². The Kier molecular flexibility index (Phi) is 3.77. The molecule has 0 saturated heterocycles. The van der Waals surface area contributed by atoms with Gasteiger partial charge in [-0.25, -0.2) is 4.79 Å². The lowest BCUT2D eigenvalue weighted by Crippen LogP contribution is -2.55. The first kappa shape index (κ1) is 14.3. The first-order valence-corrected chi connectivity index (χ1v) is 6.26. The molecule has 0 heterocycles. The molecule has 1 amide bonds. The van der Waals surface area contributed by atoms with Gasteiger partial charge in [0.1, 0.15) is 0 Å². The number of hydrogen-bond acceptors (Lipinski definition) is 2. The molecule has 0 aromatic heterocycles. The lowest BCUT2D eigenvalue weighted by Gasteiger charge is -2.47. The highest BCUT2D eigenvalue weighted by Crippen LogP contribution is 2.39. The van der Waals surface area contributed by atoms with E-state index in [0.717, 1.165) is 12.8 Å². The number of aliphatic hydroxyl groups excluding tert-OH is 1. The Bertz CT molecular complexity index is 294. The Morgan fingerprint density at radius 3 is 2.18 bits per heavy atom. The molecule has 0 aliphatic heterocycles. The zero-order chi connectivity index (χ0) is 13.4. The van der Waals surface area contributed by atoms with Gasteiger partial charge >= 0.3 is 6.09 Å². The number of nitrogens with zero attached hydrogens (tertiary/aromatic N) is 1. The van der Waals surface area contributed by atoms with Crippen LogP contribution in [0.4, 0.5) is 4.79 Å². The molecule has 0 unspecified atom stereocenters. The highest BCUT2D eigenvalue weighted by molar-refractivity contribution is 5.66. The van der Waals surface area contributed by atoms with Crippen molar-refractivity contribution in [2.24, 2.45) is 5.41 Å². The second-order valence-electron chi connectivity index (χ2n) is 6.76. The molecule has 0 aromatic rings. The predicted molar refractivity (Wildman–Crippen MR) is 67.0 cm³/mol. The van der Waals surface area contributed by atoms with E-state index in [9.17, 15) is 15.0 Å². The number of aliphatic hydroxyl groups is 1. The molecule has 1 saturated carbocycles. The van der Waals surface area contributed by atoms with Gasteiger partial charge < -0.3 is 15.1 Å². The summed E-state index contributed by atoms with van der Waals surface area (Å²) in [4.78, 5) is 12.9. The summed E-state index contributed by atoms with van der Waals surface area (Å²) in [6.45, 7) is 9.76. The van der Waals surface area contributed by atoms with Crippen LogP contribution >= 0.6 is 0 Å². The number of hydrogen-bond donors (Lipinski definition) is 2. The fourth-order valence-electron chi connectivity index (χ4n) is 2.80. The van der Waals surface area contributed by atoms with Gasteiger partial charge in [-0.15, -0.1) is 0 Å². The third-order valence-corrected chi connectivity index (χ3v) is 3.73. The summed E-state index contributed by atoms with van der Waals surface area (Å²) in [5.74, 6) is 0. The summed E-state index contributed by atoms with van der Waals surface area (Å²) in [7, 11) is 0. The van der Waals surface area contributed by atoms with Gasteiger partial charge in [-0.05, 0) is 45.4 Å². The van der Waals surface area contributed by atoms with E-state index < -0.39 is 11.6 Å². The molecule has 2 N–H and O–H groups in total. The SMILES string of the molecule is CC1(C)C[C@H](N(C(=O)O)C(C)(C)C)CC[C@@H]1O. The van der Waals surface area contributed by atoms with Crippen molar-refractivity contribution in [1.82, 2.24) is 4.90 Å². The molecule has 1 aliphatic rings. The minimum atomic E-state index is -0.866. The monoisotopic (exact) mass is 243 g/mol. The maximum Gasteiger partial charge on any atom is 0.407 e. The maximum absolute atomic E-state index is 11.4. The van der Waals surface area contributed by atoms with E-state index in [0.29, 0.717) is 6.42 Å². The Morgan fingerprint density at radius 2 is 1.82 bits per heavy atom.